The van der Waals surface area contributed by atoms with Gasteiger partial charge in [0.2, 0.25) is 0 Å². The minimum Gasteiger partial charge on any atom is -0.490 e. The van der Waals surface area contributed by atoms with Crippen LogP contribution >= 0.6 is 15.9 Å². The summed E-state index contributed by atoms with van der Waals surface area (Å²) in [6.45, 7) is 2.63. The van der Waals surface area contributed by atoms with Crippen LogP contribution in [0.1, 0.15) is 12.5 Å². The van der Waals surface area contributed by atoms with Crippen molar-refractivity contribution in [3.8, 4) is 11.5 Å². The van der Waals surface area contributed by atoms with Crippen LogP contribution < -0.4 is 9.47 Å². The molecule has 0 aliphatic carbocycles. The molecule has 0 heterocycles. The van der Waals surface area contributed by atoms with Gasteiger partial charge in [-0.1, -0.05) is 33.2 Å². The van der Waals surface area contributed by atoms with Crippen LogP contribution in [0, 0.1) is 0 Å². The first-order valence-corrected chi connectivity index (χ1v) is 7.28. The van der Waals surface area contributed by atoms with Gasteiger partial charge in [-0.3, -0.25) is 0 Å². The van der Waals surface area contributed by atoms with Gasteiger partial charge in [-0.2, -0.15) is 0 Å². The van der Waals surface area contributed by atoms with Crippen LogP contribution in [-0.4, -0.2) is 24.1 Å². The average Bonchev–Trinajstić information content (AvgIpc) is 2.53. The first-order valence-electron chi connectivity index (χ1n) is 6.49. The molecule has 2 aromatic rings. The summed E-state index contributed by atoms with van der Waals surface area (Å²) in [6.07, 6.45) is 0. The number of rotatable bonds is 6. The molecule has 0 saturated carbocycles. The van der Waals surface area contributed by atoms with Crippen molar-refractivity contribution in [2.24, 2.45) is 5.16 Å². The van der Waals surface area contributed by atoms with E-state index in [4.69, 9.17) is 14.7 Å². The summed E-state index contributed by atoms with van der Waals surface area (Å²) in [6, 6.07) is 15.0. The van der Waals surface area contributed by atoms with E-state index in [0.717, 1.165) is 21.5 Å². The topological polar surface area (TPSA) is 51.1 Å². The lowest BCUT2D eigenvalue weighted by Crippen LogP contribution is -2.09. The molecule has 0 aliphatic heterocycles. The number of nitrogens with zero attached hydrogens (tertiary/aromatic N) is 1. The smallest absolute Gasteiger partial charge is 0.122 e. The fraction of sp³-hybridized carbons (Fsp3) is 0.188. The number of benzene rings is 2. The largest absolute Gasteiger partial charge is 0.490 e. The zero-order valence-electron chi connectivity index (χ0n) is 11.6. The molecular weight excluding hydrogens is 334 g/mol. The zero-order chi connectivity index (χ0) is 15.1. The Kier molecular flexibility index (Phi) is 5.63. The van der Waals surface area contributed by atoms with Gasteiger partial charge in [-0.15, -0.1) is 0 Å². The zero-order valence-corrected chi connectivity index (χ0v) is 13.2. The molecule has 4 nitrogen and oxygen atoms in total. The van der Waals surface area contributed by atoms with Crippen molar-refractivity contribution in [2.45, 2.75) is 6.92 Å². The summed E-state index contributed by atoms with van der Waals surface area (Å²) in [4.78, 5) is 0. The van der Waals surface area contributed by atoms with Gasteiger partial charge in [0, 0.05) is 10.0 Å². The van der Waals surface area contributed by atoms with Crippen LogP contribution in [0.5, 0.6) is 11.5 Å². The van der Waals surface area contributed by atoms with Gasteiger partial charge < -0.3 is 14.7 Å². The van der Waals surface area contributed by atoms with Crippen LogP contribution in [0.3, 0.4) is 0 Å². The van der Waals surface area contributed by atoms with Gasteiger partial charge in [-0.25, -0.2) is 0 Å². The van der Waals surface area contributed by atoms with Crippen LogP contribution in [-0.2, 0) is 0 Å². The second-order valence-corrected chi connectivity index (χ2v) is 5.28. The molecular formula is C16H16BrNO3. The molecule has 0 spiro atoms. The van der Waals surface area contributed by atoms with Gasteiger partial charge in [0.15, 0.2) is 0 Å². The summed E-state index contributed by atoms with van der Waals surface area (Å²) in [5.41, 5.74) is 1.37. The van der Waals surface area contributed by atoms with E-state index >= 15 is 0 Å². The average molecular weight is 350 g/mol. The van der Waals surface area contributed by atoms with Gasteiger partial charge >= 0.3 is 0 Å². The number of halogens is 1. The Balaban J connectivity index is 1.82. The Hall–Kier alpha value is -2.01. The Morgan fingerprint density at radius 3 is 2.38 bits per heavy atom. The maximum Gasteiger partial charge on any atom is 0.122 e. The van der Waals surface area contributed by atoms with Gasteiger partial charge in [0.1, 0.15) is 24.7 Å². The number of hydrogen-bond acceptors (Lipinski definition) is 4. The van der Waals surface area contributed by atoms with Crippen molar-refractivity contribution in [3.05, 3.63) is 58.6 Å². The highest BCUT2D eigenvalue weighted by atomic mass is 79.9. The lowest BCUT2D eigenvalue weighted by molar-refractivity contribution is 0.217. The van der Waals surface area contributed by atoms with Crippen molar-refractivity contribution in [3.63, 3.8) is 0 Å². The fourth-order valence-corrected chi connectivity index (χ4v) is 1.98. The van der Waals surface area contributed by atoms with E-state index in [0.29, 0.717) is 18.9 Å². The summed E-state index contributed by atoms with van der Waals surface area (Å²) < 4.78 is 12.2. The molecule has 21 heavy (non-hydrogen) atoms. The number of oxime groups is 1. The third kappa shape index (κ3) is 4.79. The minimum absolute atomic E-state index is 0.439. The third-order valence-electron chi connectivity index (χ3n) is 2.84. The van der Waals surface area contributed by atoms with E-state index in [1.54, 1.807) is 6.92 Å². The molecule has 0 saturated heterocycles. The molecule has 0 fully saturated rings. The molecule has 0 atom stereocenters. The number of ether oxygens (including phenoxy) is 2. The van der Waals surface area contributed by atoms with Crippen LogP contribution in [0.15, 0.2) is 58.2 Å². The summed E-state index contributed by atoms with van der Waals surface area (Å²) in [5.74, 6) is 1.52. The van der Waals surface area contributed by atoms with E-state index in [1.807, 2.05) is 48.5 Å². The first kappa shape index (κ1) is 15.4. The van der Waals surface area contributed by atoms with Crippen LogP contribution in [0.25, 0.3) is 0 Å². The molecule has 0 radical (unpaired) electrons. The predicted molar refractivity (Wildman–Crippen MR) is 85.6 cm³/mol. The second-order valence-electron chi connectivity index (χ2n) is 4.36. The predicted octanol–water partition coefficient (Wildman–Crippen LogP) is 4.11. The SMILES string of the molecule is CC(=NO)c1cccc(OCCOc2ccc(Br)cc2)c1. The van der Waals surface area contributed by atoms with Crippen molar-refractivity contribution in [1.29, 1.82) is 0 Å². The Morgan fingerprint density at radius 1 is 1.05 bits per heavy atom. The molecule has 2 aromatic carbocycles. The van der Waals surface area contributed by atoms with E-state index in [-0.39, 0.29) is 0 Å². The normalized spacial score (nSPS) is 11.2. The van der Waals surface area contributed by atoms with E-state index < -0.39 is 0 Å². The maximum absolute atomic E-state index is 8.76. The van der Waals surface area contributed by atoms with Gasteiger partial charge in [0.05, 0.1) is 5.71 Å². The Morgan fingerprint density at radius 2 is 1.71 bits per heavy atom. The lowest BCUT2D eigenvalue weighted by atomic mass is 10.1. The van der Waals surface area contributed by atoms with Gasteiger partial charge in [0.25, 0.3) is 0 Å². The molecule has 0 aliphatic rings. The standard InChI is InChI=1S/C16H16BrNO3/c1-12(18-19)13-3-2-4-16(11-13)21-10-9-20-15-7-5-14(17)6-8-15/h2-8,11,19H,9-10H2,1H3. The van der Waals surface area contributed by atoms with Crippen molar-refractivity contribution in [2.75, 3.05) is 13.2 Å². The molecule has 0 amide bonds. The highest BCUT2D eigenvalue weighted by Crippen LogP contribution is 2.17. The highest BCUT2D eigenvalue weighted by molar-refractivity contribution is 9.10. The molecule has 1 N–H and O–H groups in total. The highest BCUT2D eigenvalue weighted by Gasteiger charge is 2.01. The summed E-state index contributed by atoms with van der Waals surface area (Å²) >= 11 is 3.37. The second kappa shape index (κ2) is 7.69. The van der Waals surface area contributed by atoms with E-state index in [1.165, 1.54) is 0 Å². The van der Waals surface area contributed by atoms with Crippen molar-refractivity contribution < 1.29 is 14.7 Å². The van der Waals surface area contributed by atoms with Crippen molar-refractivity contribution in [1.82, 2.24) is 0 Å². The Labute approximate surface area is 132 Å². The molecule has 0 aromatic heterocycles. The maximum atomic E-state index is 8.76. The van der Waals surface area contributed by atoms with E-state index in [2.05, 4.69) is 21.1 Å². The number of hydrogen-bond donors (Lipinski definition) is 1. The molecule has 110 valence electrons. The van der Waals surface area contributed by atoms with Crippen LogP contribution in [0.2, 0.25) is 0 Å². The van der Waals surface area contributed by atoms with Crippen molar-refractivity contribution >= 4 is 21.6 Å². The van der Waals surface area contributed by atoms with E-state index in [9.17, 15) is 0 Å². The van der Waals surface area contributed by atoms with Gasteiger partial charge in [-0.05, 0) is 43.3 Å². The Bertz CT molecular complexity index is 611. The quantitative estimate of drug-likeness (QED) is 0.369. The molecule has 2 rings (SSSR count). The first-order chi connectivity index (χ1) is 10.2. The molecule has 0 bridgehead atoms. The summed E-state index contributed by atoms with van der Waals surface area (Å²) in [5, 5.41) is 11.9. The molecule has 5 heteroatoms. The lowest BCUT2D eigenvalue weighted by Gasteiger charge is -2.09. The minimum atomic E-state index is 0.439. The van der Waals surface area contributed by atoms with Crippen LogP contribution in [0.4, 0.5) is 0 Å². The monoisotopic (exact) mass is 349 g/mol. The summed E-state index contributed by atoms with van der Waals surface area (Å²) in [7, 11) is 0. The fourth-order valence-electron chi connectivity index (χ4n) is 1.72. The third-order valence-corrected chi connectivity index (χ3v) is 3.36. The molecule has 0 unspecified atom stereocenters.